The molecule has 0 aliphatic heterocycles. The standard InChI is InChI=1S/C21H38O4/c1-5-6-7-8-9-16-24-19(22)14-15-20(23)25-18-12-10-17(11-13-18)21(2,3)4/h17-18H,5-16H2,1-4H3. The van der Waals surface area contributed by atoms with Crippen LogP contribution in [0.5, 0.6) is 0 Å². The molecule has 0 unspecified atom stereocenters. The Morgan fingerprint density at radius 2 is 1.48 bits per heavy atom. The van der Waals surface area contributed by atoms with E-state index in [0.717, 1.165) is 38.5 Å². The number of carbonyl (C=O) groups excluding carboxylic acids is 2. The summed E-state index contributed by atoms with van der Waals surface area (Å²) in [6.07, 6.45) is 10.0. The van der Waals surface area contributed by atoms with Gasteiger partial charge >= 0.3 is 11.9 Å². The molecule has 4 heteroatoms. The van der Waals surface area contributed by atoms with E-state index in [2.05, 4.69) is 27.7 Å². The van der Waals surface area contributed by atoms with Crippen LogP contribution in [0, 0.1) is 11.3 Å². The number of ether oxygens (including phenoxy) is 2. The lowest BCUT2D eigenvalue weighted by atomic mass is 9.72. The second kappa shape index (κ2) is 11.5. The molecule has 1 aliphatic carbocycles. The Balaban J connectivity index is 2.08. The molecule has 0 N–H and O–H groups in total. The topological polar surface area (TPSA) is 52.6 Å². The predicted molar refractivity (Wildman–Crippen MR) is 100 cm³/mol. The molecular weight excluding hydrogens is 316 g/mol. The molecule has 0 radical (unpaired) electrons. The highest BCUT2D eigenvalue weighted by Gasteiger charge is 2.31. The minimum atomic E-state index is -0.288. The first-order valence-electron chi connectivity index (χ1n) is 10.2. The molecule has 4 nitrogen and oxygen atoms in total. The molecule has 0 aromatic carbocycles. The summed E-state index contributed by atoms with van der Waals surface area (Å²) in [5.41, 5.74) is 0.329. The van der Waals surface area contributed by atoms with Gasteiger partial charge in [-0.25, -0.2) is 0 Å². The molecule has 146 valence electrons. The molecule has 1 rings (SSSR count). The number of hydrogen-bond acceptors (Lipinski definition) is 4. The summed E-state index contributed by atoms with van der Waals surface area (Å²) in [6.45, 7) is 9.47. The molecule has 0 atom stereocenters. The van der Waals surface area contributed by atoms with Crippen molar-refractivity contribution >= 4 is 11.9 Å². The summed E-state index contributed by atoms with van der Waals surface area (Å²) in [5.74, 6) is 0.151. The van der Waals surface area contributed by atoms with Gasteiger partial charge in [0, 0.05) is 0 Å². The van der Waals surface area contributed by atoms with Crippen LogP contribution >= 0.6 is 0 Å². The minimum absolute atomic E-state index is 0.0284. The van der Waals surface area contributed by atoms with E-state index in [4.69, 9.17) is 9.47 Å². The highest BCUT2D eigenvalue weighted by Crippen LogP contribution is 2.38. The van der Waals surface area contributed by atoms with E-state index in [0.29, 0.717) is 17.9 Å². The van der Waals surface area contributed by atoms with Crippen LogP contribution in [-0.2, 0) is 19.1 Å². The highest BCUT2D eigenvalue weighted by molar-refractivity contribution is 5.77. The number of carbonyl (C=O) groups is 2. The molecule has 0 aromatic rings. The predicted octanol–water partition coefficient (Wildman–Crippen LogP) is 5.43. The maximum atomic E-state index is 11.9. The first-order valence-corrected chi connectivity index (χ1v) is 10.2. The van der Waals surface area contributed by atoms with Crippen molar-refractivity contribution in [3.63, 3.8) is 0 Å². The first kappa shape index (κ1) is 22.0. The summed E-state index contributed by atoms with van der Waals surface area (Å²) in [6, 6.07) is 0. The van der Waals surface area contributed by atoms with Crippen LogP contribution < -0.4 is 0 Å². The normalized spacial score (nSPS) is 21.0. The molecule has 0 bridgehead atoms. The number of hydrogen-bond donors (Lipinski definition) is 0. The van der Waals surface area contributed by atoms with Gasteiger partial charge in [0.25, 0.3) is 0 Å². The van der Waals surface area contributed by atoms with Gasteiger partial charge in [-0.15, -0.1) is 0 Å². The van der Waals surface area contributed by atoms with Crippen LogP contribution in [0.2, 0.25) is 0 Å². The molecule has 25 heavy (non-hydrogen) atoms. The third kappa shape index (κ3) is 9.86. The maximum absolute atomic E-state index is 11.9. The SMILES string of the molecule is CCCCCCCOC(=O)CCC(=O)OC1CCC(C(C)(C)C)CC1. The second-order valence-corrected chi connectivity index (χ2v) is 8.46. The van der Waals surface area contributed by atoms with Gasteiger partial charge in [-0.3, -0.25) is 9.59 Å². The van der Waals surface area contributed by atoms with E-state index in [1.54, 1.807) is 0 Å². The molecule has 0 heterocycles. The summed E-state index contributed by atoms with van der Waals surface area (Å²) < 4.78 is 10.7. The second-order valence-electron chi connectivity index (χ2n) is 8.46. The van der Waals surface area contributed by atoms with Crippen LogP contribution in [0.25, 0.3) is 0 Å². The summed E-state index contributed by atoms with van der Waals surface area (Å²) in [5, 5.41) is 0. The van der Waals surface area contributed by atoms with Crippen molar-refractivity contribution in [2.24, 2.45) is 11.3 Å². The fraction of sp³-hybridized carbons (Fsp3) is 0.905. The average Bonchev–Trinajstić information content (AvgIpc) is 2.56. The lowest BCUT2D eigenvalue weighted by Gasteiger charge is -2.36. The maximum Gasteiger partial charge on any atom is 0.306 e. The molecule has 0 spiro atoms. The van der Waals surface area contributed by atoms with Gasteiger partial charge in [0.1, 0.15) is 6.10 Å². The van der Waals surface area contributed by atoms with Gasteiger partial charge in [0.05, 0.1) is 19.4 Å². The van der Waals surface area contributed by atoms with Gasteiger partial charge in [-0.05, 0) is 43.4 Å². The summed E-state index contributed by atoms with van der Waals surface area (Å²) in [4.78, 5) is 23.6. The van der Waals surface area contributed by atoms with Crippen molar-refractivity contribution < 1.29 is 19.1 Å². The number of rotatable bonds is 10. The lowest BCUT2D eigenvalue weighted by molar-refractivity contribution is -0.155. The van der Waals surface area contributed by atoms with Gasteiger partial charge in [-0.2, -0.15) is 0 Å². The minimum Gasteiger partial charge on any atom is -0.466 e. The van der Waals surface area contributed by atoms with E-state index in [1.807, 2.05) is 0 Å². The largest absolute Gasteiger partial charge is 0.466 e. The van der Waals surface area contributed by atoms with Crippen LogP contribution in [0.1, 0.15) is 98.3 Å². The van der Waals surface area contributed by atoms with Gasteiger partial charge in [0.2, 0.25) is 0 Å². The molecule has 1 fully saturated rings. The van der Waals surface area contributed by atoms with Gasteiger partial charge in [-0.1, -0.05) is 53.4 Å². The van der Waals surface area contributed by atoms with Crippen molar-refractivity contribution in [2.75, 3.05) is 6.61 Å². The zero-order chi connectivity index (χ0) is 18.7. The lowest BCUT2D eigenvalue weighted by Crippen LogP contribution is -2.30. The van der Waals surface area contributed by atoms with E-state index in [9.17, 15) is 9.59 Å². The van der Waals surface area contributed by atoms with Crippen LogP contribution in [0.3, 0.4) is 0 Å². The fourth-order valence-electron chi connectivity index (χ4n) is 3.46. The quantitative estimate of drug-likeness (QED) is 0.388. The average molecular weight is 355 g/mol. The summed E-state index contributed by atoms with van der Waals surface area (Å²) in [7, 11) is 0. The highest BCUT2D eigenvalue weighted by atomic mass is 16.5. The van der Waals surface area contributed by atoms with Gasteiger partial charge < -0.3 is 9.47 Å². The third-order valence-corrected chi connectivity index (χ3v) is 5.24. The number of unbranched alkanes of at least 4 members (excludes halogenated alkanes) is 4. The van der Waals surface area contributed by atoms with Crippen molar-refractivity contribution in [1.29, 1.82) is 0 Å². The molecule has 0 amide bonds. The Labute approximate surface area is 154 Å². The van der Waals surface area contributed by atoms with Crippen LogP contribution in [-0.4, -0.2) is 24.6 Å². The van der Waals surface area contributed by atoms with Gasteiger partial charge in [0.15, 0.2) is 0 Å². The van der Waals surface area contributed by atoms with Crippen molar-refractivity contribution in [1.82, 2.24) is 0 Å². The molecule has 0 saturated heterocycles. The molecule has 1 aliphatic rings. The van der Waals surface area contributed by atoms with E-state index in [-0.39, 0.29) is 30.9 Å². The Kier molecular flexibility index (Phi) is 10.1. The third-order valence-electron chi connectivity index (χ3n) is 5.24. The van der Waals surface area contributed by atoms with Crippen molar-refractivity contribution in [2.45, 2.75) is 104 Å². The van der Waals surface area contributed by atoms with E-state index < -0.39 is 0 Å². The zero-order valence-electron chi connectivity index (χ0n) is 16.8. The molecule has 1 saturated carbocycles. The Morgan fingerprint density at radius 1 is 0.880 bits per heavy atom. The Hall–Kier alpha value is -1.06. The first-order chi connectivity index (χ1) is 11.8. The van der Waals surface area contributed by atoms with Crippen molar-refractivity contribution in [3.8, 4) is 0 Å². The Morgan fingerprint density at radius 3 is 2.08 bits per heavy atom. The van der Waals surface area contributed by atoms with E-state index >= 15 is 0 Å². The Bertz CT molecular complexity index is 389. The van der Waals surface area contributed by atoms with Crippen molar-refractivity contribution in [3.05, 3.63) is 0 Å². The van der Waals surface area contributed by atoms with Crippen LogP contribution in [0.4, 0.5) is 0 Å². The fourth-order valence-corrected chi connectivity index (χ4v) is 3.46. The van der Waals surface area contributed by atoms with E-state index in [1.165, 1.54) is 19.3 Å². The monoisotopic (exact) mass is 354 g/mol. The zero-order valence-corrected chi connectivity index (χ0v) is 16.8. The smallest absolute Gasteiger partial charge is 0.306 e. The summed E-state index contributed by atoms with van der Waals surface area (Å²) >= 11 is 0. The number of esters is 2. The molecule has 0 aromatic heterocycles. The van der Waals surface area contributed by atoms with Crippen LogP contribution in [0.15, 0.2) is 0 Å². The molecular formula is C21H38O4.